The molecule has 0 aromatic heterocycles. The molecule has 2 atom stereocenters. The maximum atomic E-state index is 8.97. The lowest BCUT2D eigenvalue weighted by molar-refractivity contribution is 0.217. The monoisotopic (exact) mass is 152 g/mol. The standard InChI is InChI=1S/C10H16O/c1-2-9(8-11)10-6-4-3-5-7-10/h2,4,6,9-11H,1,3,5,7-8H2. The quantitative estimate of drug-likeness (QED) is 0.614. The molecule has 1 aliphatic carbocycles. The highest BCUT2D eigenvalue weighted by Gasteiger charge is 2.16. The molecule has 0 spiro atoms. The lowest BCUT2D eigenvalue weighted by Gasteiger charge is -2.21. The predicted octanol–water partition coefficient (Wildman–Crippen LogP) is 2.14. The molecule has 2 unspecified atom stereocenters. The Morgan fingerprint density at radius 1 is 1.73 bits per heavy atom. The normalized spacial score (nSPS) is 26.5. The third-order valence-electron chi connectivity index (χ3n) is 2.36. The van der Waals surface area contributed by atoms with Crippen molar-refractivity contribution in [3.05, 3.63) is 24.8 Å². The van der Waals surface area contributed by atoms with Crippen LogP contribution >= 0.6 is 0 Å². The largest absolute Gasteiger partial charge is 0.396 e. The molecule has 0 amide bonds. The summed E-state index contributed by atoms with van der Waals surface area (Å²) in [6.45, 7) is 3.95. The van der Waals surface area contributed by atoms with E-state index in [0.29, 0.717) is 5.92 Å². The number of aliphatic hydroxyl groups excluding tert-OH is 1. The molecule has 0 aromatic carbocycles. The highest BCUT2D eigenvalue weighted by Crippen LogP contribution is 2.24. The van der Waals surface area contributed by atoms with Gasteiger partial charge in [0.2, 0.25) is 0 Å². The maximum Gasteiger partial charge on any atom is 0.0499 e. The van der Waals surface area contributed by atoms with Crippen molar-refractivity contribution in [1.82, 2.24) is 0 Å². The van der Waals surface area contributed by atoms with Crippen LogP contribution in [0, 0.1) is 11.8 Å². The van der Waals surface area contributed by atoms with E-state index in [4.69, 9.17) is 5.11 Å². The molecule has 0 saturated carbocycles. The average Bonchev–Trinajstić information content (AvgIpc) is 2.09. The number of allylic oxidation sites excluding steroid dienone is 2. The third kappa shape index (κ3) is 2.19. The maximum absolute atomic E-state index is 8.97. The van der Waals surface area contributed by atoms with Crippen LogP contribution in [0.15, 0.2) is 24.8 Å². The lowest BCUT2D eigenvalue weighted by atomic mass is 9.85. The van der Waals surface area contributed by atoms with Crippen LogP contribution in [-0.4, -0.2) is 11.7 Å². The Balaban J connectivity index is 2.49. The van der Waals surface area contributed by atoms with E-state index < -0.39 is 0 Å². The fourth-order valence-corrected chi connectivity index (χ4v) is 1.58. The Bertz CT molecular complexity index is 149. The summed E-state index contributed by atoms with van der Waals surface area (Å²) in [6, 6.07) is 0. The highest BCUT2D eigenvalue weighted by molar-refractivity contribution is 4.99. The van der Waals surface area contributed by atoms with Gasteiger partial charge in [-0.15, -0.1) is 6.58 Å². The molecule has 11 heavy (non-hydrogen) atoms. The topological polar surface area (TPSA) is 20.2 Å². The Kier molecular flexibility index (Phi) is 3.37. The molecule has 0 aromatic rings. The molecule has 0 fully saturated rings. The molecule has 62 valence electrons. The third-order valence-corrected chi connectivity index (χ3v) is 2.36. The predicted molar refractivity (Wildman–Crippen MR) is 47.3 cm³/mol. The Morgan fingerprint density at radius 2 is 2.55 bits per heavy atom. The molecule has 0 saturated heterocycles. The van der Waals surface area contributed by atoms with Gasteiger partial charge in [-0.05, 0) is 25.2 Å². The molecular weight excluding hydrogens is 136 g/mol. The van der Waals surface area contributed by atoms with Crippen molar-refractivity contribution in [1.29, 1.82) is 0 Å². The van der Waals surface area contributed by atoms with Crippen LogP contribution in [0.3, 0.4) is 0 Å². The molecule has 0 aliphatic heterocycles. The number of hydrogen-bond acceptors (Lipinski definition) is 1. The minimum atomic E-state index is 0.235. The fraction of sp³-hybridized carbons (Fsp3) is 0.600. The van der Waals surface area contributed by atoms with Crippen LogP contribution in [0.4, 0.5) is 0 Å². The summed E-state index contributed by atoms with van der Waals surface area (Å²) in [6.07, 6.45) is 9.94. The molecule has 0 heterocycles. The molecule has 1 aliphatic rings. The SMILES string of the molecule is C=CC(CO)C1C=CCCC1. The van der Waals surface area contributed by atoms with Gasteiger partial charge in [0.25, 0.3) is 0 Å². The number of aliphatic hydroxyl groups is 1. The summed E-state index contributed by atoms with van der Waals surface area (Å²) in [5, 5.41) is 8.97. The van der Waals surface area contributed by atoms with Crippen molar-refractivity contribution in [2.45, 2.75) is 19.3 Å². The first kappa shape index (κ1) is 8.54. The lowest BCUT2D eigenvalue weighted by Crippen LogP contribution is -2.15. The summed E-state index contributed by atoms with van der Waals surface area (Å²) in [4.78, 5) is 0. The van der Waals surface area contributed by atoms with Gasteiger partial charge in [0.05, 0.1) is 0 Å². The summed E-state index contributed by atoms with van der Waals surface area (Å²) < 4.78 is 0. The van der Waals surface area contributed by atoms with Crippen LogP contribution in [0.1, 0.15) is 19.3 Å². The first-order chi connectivity index (χ1) is 5.38. The highest BCUT2D eigenvalue weighted by atomic mass is 16.3. The Morgan fingerprint density at radius 3 is 3.00 bits per heavy atom. The van der Waals surface area contributed by atoms with Crippen molar-refractivity contribution in [3.8, 4) is 0 Å². The van der Waals surface area contributed by atoms with Crippen LogP contribution < -0.4 is 0 Å². The van der Waals surface area contributed by atoms with E-state index in [1.807, 2.05) is 6.08 Å². The molecule has 1 nitrogen and oxygen atoms in total. The molecular formula is C10H16O. The number of hydrogen-bond donors (Lipinski definition) is 1. The zero-order valence-electron chi connectivity index (χ0n) is 6.87. The van der Waals surface area contributed by atoms with Gasteiger partial charge in [0.1, 0.15) is 0 Å². The van der Waals surface area contributed by atoms with E-state index in [1.165, 1.54) is 19.3 Å². The smallest absolute Gasteiger partial charge is 0.0499 e. The van der Waals surface area contributed by atoms with E-state index >= 15 is 0 Å². The summed E-state index contributed by atoms with van der Waals surface area (Å²) in [5.41, 5.74) is 0. The van der Waals surface area contributed by atoms with Crippen LogP contribution in [-0.2, 0) is 0 Å². The van der Waals surface area contributed by atoms with E-state index in [0.717, 1.165) is 0 Å². The molecule has 1 heteroatoms. The zero-order valence-corrected chi connectivity index (χ0v) is 6.87. The minimum absolute atomic E-state index is 0.235. The van der Waals surface area contributed by atoms with Gasteiger partial charge in [-0.1, -0.05) is 18.2 Å². The first-order valence-electron chi connectivity index (χ1n) is 4.28. The molecule has 1 N–H and O–H groups in total. The fourth-order valence-electron chi connectivity index (χ4n) is 1.58. The Hall–Kier alpha value is -0.560. The van der Waals surface area contributed by atoms with Crippen LogP contribution in [0.2, 0.25) is 0 Å². The molecule has 0 radical (unpaired) electrons. The van der Waals surface area contributed by atoms with Crippen molar-refractivity contribution in [3.63, 3.8) is 0 Å². The summed E-state index contributed by atoms with van der Waals surface area (Å²) in [5.74, 6) is 0.804. The first-order valence-corrected chi connectivity index (χ1v) is 4.28. The van der Waals surface area contributed by atoms with Gasteiger partial charge >= 0.3 is 0 Å². The van der Waals surface area contributed by atoms with Crippen molar-refractivity contribution < 1.29 is 5.11 Å². The van der Waals surface area contributed by atoms with Gasteiger partial charge in [-0.2, -0.15) is 0 Å². The van der Waals surface area contributed by atoms with Gasteiger partial charge in [-0.3, -0.25) is 0 Å². The van der Waals surface area contributed by atoms with E-state index in [-0.39, 0.29) is 12.5 Å². The average molecular weight is 152 g/mol. The zero-order chi connectivity index (χ0) is 8.10. The van der Waals surface area contributed by atoms with Crippen LogP contribution in [0.5, 0.6) is 0 Å². The second-order valence-corrected chi connectivity index (χ2v) is 3.11. The van der Waals surface area contributed by atoms with Crippen molar-refractivity contribution in [2.75, 3.05) is 6.61 Å². The summed E-state index contributed by atoms with van der Waals surface area (Å²) in [7, 11) is 0. The van der Waals surface area contributed by atoms with Crippen molar-refractivity contribution >= 4 is 0 Å². The molecule has 1 rings (SSSR count). The van der Waals surface area contributed by atoms with Gasteiger partial charge in [0.15, 0.2) is 0 Å². The minimum Gasteiger partial charge on any atom is -0.396 e. The van der Waals surface area contributed by atoms with Crippen molar-refractivity contribution in [2.24, 2.45) is 11.8 Å². The second-order valence-electron chi connectivity index (χ2n) is 3.11. The second kappa shape index (κ2) is 4.35. The van der Waals surface area contributed by atoms with E-state index in [9.17, 15) is 0 Å². The van der Waals surface area contributed by atoms with Gasteiger partial charge in [-0.25, -0.2) is 0 Å². The number of rotatable bonds is 3. The van der Waals surface area contributed by atoms with Gasteiger partial charge in [0, 0.05) is 12.5 Å². The summed E-state index contributed by atoms with van der Waals surface area (Å²) >= 11 is 0. The van der Waals surface area contributed by atoms with E-state index in [2.05, 4.69) is 18.7 Å². The van der Waals surface area contributed by atoms with Crippen LogP contribution in [0.25, 0.3) is 0 Å². The van der Waals surface area contributed by atoms with Gasteiger partial charge < -0.3 is 5.11 Å². The Labute approximate surface area is 68.4 Å². The van der Waals surface area contributed by atoms with E-state index in [1.54, 1.807) is 0 Å². The molecule has 0 bridgehead atoms.